The second-order valence-electron chi connectivity index (χ2n) is 2.49. The topological polar surface area (TPSA) is 61.4 Å². The molecule has 3 N–H and O–H groups in total. The number of carbonyl (C=O) groups is 1. The molecule has 0 heterocycles. The van der Waals surface area contributed by atoms with Gasteiger partial charge in [-0.05, 0) is 26.8 Å². The van der Waals surface area contributed by atoms with Crippen LogP contribution in [0.25, 0.3) is 0 Å². The summed E-state index contributed by atoms with van der Waals surface area (Å²) < 4.78 is 0. The lowest BCUT2D eigenvalue weighted by Gasteiger charge is -2.06. The van der Waals surface area contributed by atoms with Gasteiger partial charge in [0.2, 0.25) is 0 Å². The number of allylic oxidation sites excluding steroid dienone is 3. The third-order valence-corrected chi connectivity index (χ3v) is 1.35. The fourth-order valence-electron chi connectivity index (χ4n) is 0.722. The van der Waals surface area contributed by atoms with Crippen LogP contribution < -0.4 is 10.6 Å². The molecule has 0 fully saturated rings. The van der Waals surface area contributed by atoms with E-state index in [4.69, 9.17) is 0 Å². The molecule has 0 aromatic carbocycles. The van der Waals surface area contributed by atoms with Crippen molar-refractivity contribution in [2.75, 3.05) is 6.54 Å². The Morgan fingerprint density at radius 1 is 1.54 bits per heavy atom. The molecule has 0 radical (unpaired) electrons. The van der Waals surface area contributed by atoms with E-state index >= 15 is 0 Å². The molecule has 0 rings (SSSR count). The van der Waals surface area contributed by atoms with Gasteiger partial charge in [0.1, 0.15) is 5.76 Å². The Morgan fingerprint density at radius 3 is 2.62 bits per heavy atom. The number of aliphatic hydroxyl groups is 1. The zero-order chi connectivity index (χ0) is 10.3. The van der Waals surface area contributed by atoms with Crippen molar-refractivity contribution in [2.45, 2.75) is 20.8 Å². The molecule has 0 spiro atoms. The van der Waals surface area contributed by atoms with E-state index in [-0.39, 0.29) is 11.8 Å². The summed E-state index contributed by atoms with van der Waals surface area (Å²) in [6, 6.07) is -0.309. The summed E-state index contributed by atoms with van der Waals surface area (Å²) in [6.07, 6.45) is 3.21. The maximum absolute atomic E-state index is 11.0. The number of rotatable bonds is 3. The SMILES string of the molecule is C/C=C\C(O)=C(/C)NC(=O)NCC. The normalized spacial score (nSPS) is 12.5. The molecule has 0 aliphatic rings. The van der Waals surface area contributed by atoms with Gasteiger partial charge in [-0.2, -0.15) is 0 Å². The van der Waals surface area contributed by atoms with Gasteiger partial charge in [0.05, 0.1) is 5.70 Å². The summed E-state index contributed by atoms with van der Waals surface area (Å²) in [5.74, 6) is 0.0637. The van der Waals surface area contributed by atoms with Crippen molar-refractivity contribution in [1.82, 2.24) is 10.6 Å². The molecule has 0 atom stereocenters. The summed E-state index contributed by atoms with van der Waals surface area (Å²) in [4.78, 5) is 11.0. The number of hydrogen-bond donors (Lipinski definition) is 3. The molecule has 0 aromatic heterocycles. The van der Waals surface area contributed by atoms with Crippen LogP contribution >= 0.6 is 0 Å². The molecule has 0 aliphatic heterocycles. The quantitative estimate of drug-likeness (QED) is 0.461. The predicted octanol–water partition coefficient (Wildman–Crippen LogP) is 1.67. The number of hydrogen-bond acceptors (Lipinski definition) is 2. The average Bonchev–Trinajstić information content (AvgIpc) is 2.05. The van der Waals surface area contributed by atoms with Crippen molar-refractivity contribution >= 4 is 6.03 Å². The predicted molar refractivity (Wildman–Crippen MR) is 52.4 cm³/mol. The zero-order valence-corrected chi connectivity index (χ0v) is 8.22. The van der Waals surface area contributed by atoms with Crippen LogP contribution in [0.4, 0.5) is 4.79 Å². The van der Waals surface area contributed by atoms with Crippen molar-refractivity contribution in [1.29, 1.82) is 0 Å². The molecule has 13 heavy (non-hydrogen) atoms. The number of aliphatic hydroxyl groups excluding tert-OH is 1. The number of carbonyl (C=O) groups excluding carboxylic acids is 1. The van der Waals surface area contributed by atoms with Crippen LogP contribution in [0.1, 0.15) is 20.8 Å². The first kappa shape index (κ1) is 11.6. The van der Waals surface area contributed by atoms with Gasteiger partial charge in [-0.3, -0.25) is 0 Å². The van der Waals surface area contributed by atoms with E-state index in [9.17, 15) is 9.90 Å². The second kappa shape index (κ2) is 6.11. The summed E-state index contributed by atoms with van der Waals surface area (Å²) >= 11 is 0. The van der Waals surface area contributed by atoms with Gasteiger partial charge in [-0.25, -0.2) is 4.79 Å². The van der Waals surface area contributed by atoms with Crippen molar-refractivity contribution < 1.29 is 9.90 Å². The second-order valence-corrected chi connectivity index (χ2v) is 2.49. The Bertz CT molecular complexity index is 232. The standard InChI is InChI=1S/C9H16N2O2/c1-4-6-8(12)7(3)11-9(13)10-5-2/h4,6,12H,5H2,1-3H3,(H2,10,11,13)/b6-4-,8-7-. The van der Waals surface area contributed by atoms with E-state index in [0.717, 1.165) is 0 Å². The summed E-state index contributed by atoms with van der Waals surface area (Å²) in [5, 5.41) is 14.3. The van der Waals surface area contributed by atoms with Crippen molar-refractivity contribution in [3.05, 3.63) is 23.6 Å². The van der Waals surface area contributed by atoms with Crippen molar-refractivity contribution in [2.24, 2.45) is 0 Å². The van der Waals surface area contributed by atoms with Gasteiger partial charge in [0.25, 0.3) is 0 Å². The van der Waals surface area contributed by atoms with E-state index in [2.05, 4.69) is 10.6 Å². The maximum Gasteiger partial charge on any atom is 0.319 e. The molecule has 2 amide bonds. The minimum absolute atomic E-state index is 0.0637. The van der Waals surface area contributed by atoms with Crippen LogP contribution in [0.5, 0.6) is 0 Å². The third-order valence-electron chi connectivity index (χ3n) is 1.35. The highest BCUT2D eigenvalue weighted by Gasteiger charge is 2.01. The minimum atomic E-state index is -0.309. The molecule has 0 bridgehead atoms. The molecule has 0 aliphatic carbocycles. The van der Waals surface area contributed by atoms with Gasteiger partial charge in [-0.1, -0.05) is 6.08 Å². The molecule has 74 valence electrons. The Balaban J connectivity index is 4.19. The Labute approximate surface area is 78.3 Å². The molecular weight excluding hydrogens is 168 g/mol. The van der Waals surface area contributed by atoms with Crippen molar-refractivity contribution in [3.63, 3.8) is 0 Å². The number of amides is 2. The molecule has 0 saturated heterocycles. The maximum atomic E-state index is 11.0. The monoisotopic (exact) mass is 184 g/mol. The Hall–Kier alpha value is -1.45. The lowest BCUT2D eigenvalue weighted by Crippen LogP contribution is -2.34. The minimum Gasteiger partial charge on any atom is -0.506 e. The van der Waals surface area contributed by atoms with Gasteiger partial charge >= 0.3 is 6.03 Å². The van der Waals surface area contributed by atoms with Crippen LogP contribution in [-0.2, 0) is 0 Å². The van der Waals surface area contributed by atoms with E-state index in [1.165, 1.54) is 6.08 Å². The first-order valence-corrected chi connectivity index (χ1v) is 4.19. The molecule has 0 saturated carbocycles. The largest absolute Gasteiger partial charge is 0.506 e. The van der Waals surface area contributed by atoms with Crippen molar-refractivity contribution in [3.8, 4) is 0 Å². The first-order chi connectivity index (χ1) is 6.11. The van der Waals surface area contributed by atoms with Crippen LogP contribution in [-0.4, -0.2) is 17.7 Å². The van der Waals surface area contributed by atoms with Gasteiger partial charge in [0, 0.05) is 6.54 Å². The first-order valence-electron chi connectivity index (χ1n) is 4.19. The van der Waals surface area contributed by atoms with Gasteiger partial charge in [-0.15, -0.1) is 0 Å². The van der Waals surface area contributed by atoms with Crippen LogP contribution in [0, 0.1) is 0 Å². The molecule has 4 nitrogen and oxygen atoms in total. The van der Waals surface area contributed by atoms with Gasteiger partial charge in [0.15, 0.2) is 0 Å². The lowest BCUT2D eigenvalue weighted by molar-refractivity contribution is 0.243. The highest BCUT2D eigenvalue weighted by Crippen LogP contribution is 1.97. The lowest BCUT2D eigenvalue weighted by atomic mass is 10.3. The fraction of sp³-hybridized carbons (Fsp3) is 0.444. The van der Waals surface area contributed by atoms with E-state index in [1.54, 1.807) is 19.9 Å². The van der Waals surface area contributed by atoms with E-state index < -0.39 is 0 Å². The third kappa shape index (κ3) is 4.90. The zero-order valence-electron chi connectivity index (χ0n) is 8.22. The summed E-state index contributed by atoms with van der Waals surface area (Å²) in [6.45, 7) is 5.80. The van der Waals surface area contributed by atoms with E-state index in [1.807, 2.05) is 6.92 Å². The van der Waals surface area contributed by atoms with Crippen LogP contribution in [0.2, 0.25) is 0 Å². The highest BCUT2D eigenvalue weighted by molar-refractivity contribution is 5.75. The molecule has 0 aromatic rings. The summed E-state index contributed by atoms with van der Waals surface area (Å²) in [7, 11) is 0. The molecule has 4 heteroatoms. The highest BCUT2D eigenvalue weighted by atomic mass is 16.3. The smallest absolute Gasteiger partial charge is 0.319 e. The number of nitrogens with one attached hydrogen (secondary N) is 2. The van der Waals surface area contributed by atoms with Crippen LogP contribution in [0.3, 0.4) is 0 Å². The number of urea groups is 1. The van der Waals surface area contributed by atoms with Gasteiger partial charge < -0.3 is 15.7 Å². The molecule has 0 unspecified atom stereocenters. The Kier molecular flexibility index (Phi) is 5.43. The summed E-state index contributed by atoms with van der Waals surface area (Å²) in [5.41, 5.74) is 0.434. The fourth-order valence-corrected chi connectivity index (χ4v) is 0.722. The van der Waals surface area contributed by atoms with Crippen LogP contribution in [0.15, 0.2) is 23.6 Å². The molecular formula is C9H16N2O2. The average molecular weight is 184 g/mol. The van der Waals surface area contributed by atoms with E-state index in [0.29, 0.717) is 12.2 Å². The Morgan fingerprint density at radius 2 is 2.15 bits per heavy atom.